The predicted octanol–water partition coefficient (Wildman–Crippen LogP) is 0.413. The Kier molecular flexibility index (Phi) is 3.19. The molecule has 0 spiro atoms. The molecule has 0 aliphatic carbocycles. The van der Waals surface area contributed by atoms with Crippen LogP contribution in [0, 0.1) is 0 Å². The third-order valence-electron chi connectivity index (χ3n) is 3.18. The number of likely N-dealkylation sites (N-methyl/N-ethyl adjacent to an activating group) is 1. The van der Waals surface area contributed by atoms with Crippen molar-refractivity contribution in [1.29, 1.82) is 0 Å². The maximum atomic E-state index is 5.42. The largest absolute Gasteiger partial charge is 0.380 e. The summed E-state index contributed by atoms with van der Waals surface area (Å²) in [4.78, 5) is 5.03. The molecule has 3 heteroatoms. The highest BCUT2D eigenvalue weighted by molar-refractivity contribution is 4.78. The van der Waals surface area contributed by atoms with Gasteiger partial charge in [0.05, 0.1) is 6.61 Å². The van der Waals surface area contributed by atoms with Gasteiger partial charge in [0.15, 0.2) is 0 Å². The molecule has 0 aromatic carbocycles. The van der Waals surface area contributed by atoms with Crippen molar-refractivity contribution in [3.63, 3.8) is 0 Å². The number of hydrogen-bond acceptors (Lipinski definition) is 3. The molecular formula is C10H20N2O. The topological polar surface area (TPSA) is 15.7 Å². The Morgan fingerprint density at radius 3 is 2.85 bits per heavy atom. The van der Waals surface area contributed by atoms with E-state index in [1.54, 1.807) is 0 Å². The monoisotopic (exact) mass is 184 g/mol. The second-order valence-corrected chi connectivity index (χ2v) is 4.21. The number of nitrogens with zero attached hydrogens (tertiary/aromatic N) is 2. The quantitative estimate of drug-likeness (QED) is 0.587. The standard InChI is InChI=1S/C10H20N2O/c1-11-4-2-5-12(7-6-11)10-3-8-13-9-10/h10H,2-9H2,1H3. The van der Waals surface area contributed by atoms with Crippen molar-refractivity contribution in [2.24, 2.45) is 0 Å². The van der Waals surface area contributed by atoms with Gasteiger partial charge in [-0.15, -0.1) is 0 Å². The van der Waals surface area contributed by atoms with E-state index < -0.39 is 0 Å². The highest BCUT2D eigenvalue weighted by atomic mass is 16.5. The molecule has 0 aromatic heterocycles. The molecule has 0 amide bonds. The second kappa shape index (κ2) is 4.40. The lowest BCUT2D eigenvalue weighted by atomic mass is 10.2. The molecular weight excluding hydrogens is 164 g/mol. The number of hydrogen-bond donors (Lipinski definition) is 0. The summed E-state index contributed by atoms with van der Waals surface area (Å²) in [5, 5.41) is 0. The molecule has 0 radical (unpaired) electrons. The fourth-order valence-electron chi connectivity index (χ4n) is 2.24. The summed E-state index contributed by atoms with van der Waals surface area (Å²) in [6.07, 6.45) is 2.55. The van der Waals surface area contributed by atoms with E-state index in [4.69, 9.17) is 4.74 Å². The predicted molar refractivity (Wildman–Crippen MR) is 52.9 cm³/mol. The molecule has 1 unspecified atom stereocenters. The van der Waals surface area contributed by atoms with Crippen molar-refractivity contribution in [2.45, 2.75) is 18.9 Å². The van der Waals surface area contributed by atoms with Crippen molar-refractivity contribution in [3.8, 4) is 0 Å². The summed E-state index contributed by atoms with van der Waals surface area (Å²) in [6, 6.07) is 0.714. The molecule has 2 fully saturated rings. The van der Waals surface area contributed by atoms with Crippen LogP contribution in [0.1, 0.15) is 12.8 Å². The molecule has 1 atom stereocenters. The smallest absolute Gasteiger partial charge is 0.0622 e. The SMILES string of the molecule is CN1CCCN(C2CCOC2)CC1. The molecule has 3 nitrogen and oxygen atoms in total. The highest BCUT2D eigenvalue weighted by Gasteiger charge is 2.24. The maximum Gasteiger partial charge on any atom is 0.0622 e. The van der Waals surface area contributed by atoms with E-state index in [2.05, 4.69) is 16.8 Å². The summed E-state index contributed by atoms with van der Waals surface area (Å²) in [5.41, 5.74) is 0. The molecule has 13 heavy (non-hydrogen) atoms. The van der Waals surface area contributed by atoms with Crippen molar-refractivity contribution in [2.75, 3.05) is 46.4 Å². The first-order valence-corrected chi connectivity index (χ1v) is 5.36. The fraction of sp³-hybridized carbons (Fsp3) is 1.00. The Bertz CT molecular complexity index is 157. The molecule has 0 bridgehead atoms. The van der Waals surface area contributed by atoms with Crippen LogP contribution in [0.25, 0.3) is 0 Å². The minimum absolute atomic E-state index is 0.714. The van der Waals surface area contributed by atoms with Crippen LogP contribution in [0.3, 0.4) is 0 Å². The van der Waals surface area contributed by atoms with Gasteiger partial charge in [0, 0.05) is 25.7 Å². The zero-order valence-corrected chi connectivity index (χ0v) is 8.54. The van der Waals surface area contributed by atoms with Gasteiger partial charge in [0.2, 0.25) is 0 Å². The van der Waals surface area contributed by atoms with Gasteiger partial charge >= 0.3 is 0 Å². The van der Waals surface area contributed by atoms with Crippen LogP contribution in [0.2, 0.25) is 0 Å². The van der Waals surface area contributed by atoms with Crippen molar-refractivity contribution in [1.82, 2.24) is 9.80 Å². The Hall–Kier alpha value is -0.120. The molecule has 2 aliphatic rings. The van der Waals surface area contributed by atoms with E-state index in [-0.39, 0.29) is 0 Å². The first-order chi connectivity index (χ1) is 6.36. The zero-order valence-electron chi connectivity index (χ0n) is 8.54. The van der Waals surface area contributed by atoms with E-state index in [9.17, 15) is 0 Å². The highest BCUT2D eigenvalue weighted by Crippen LogP contribution is 2.14. The number of rotatable bonds is 1. The summed E-state index contributed by atoms with van der Waals surface area (Å²) >= 11 is 0. The fourth-order valence-corrected chi connectivity index (χ4v) is 2.24. The van der Waals surface area contributed by atoms with Crippen molar-refractivity contribution in [3.05, 3.63) is 0 Å². The average molecular weight is 184 g/mol. The lowest BCUT2D eigenvalue weighted by Gasteiger charge is -2.25. The van der Waals surface area contributed by atoms with Gasteiger partial charge < -0.3 is 9.64 Å². The molecule has 2 rings (SSSR count). The molecule has 0 N–H and O–H groups in total. The van der Waals surface area contributed by atoms with Gasteiger partial charge in [-0.05, 0) is 33.0 Å². The number of ether oxygens (including phenoxy) is 1. The van der Waals surface area contributed by atoms with E-state index in [0.717, 1.165) is 13.2 Å². The van der Waals surface area contributed by atoms with Crippen LogP contribution in [-0.4, -0.2) is 62.3 Å². The van der Waals surface area contributed by atoms with Gasteiger partial charge in [-0.1, -0.05) is 0 Å². The first-order valence-electron chi connectivity index (χ1n) is 5.36. The minimum Gasteiger partial charge on any atom is -0.380 e. The molecule has 2 aliphatic heterocycles. The van der Waals surface area contributed by atoms with E-state index in [1.807, 2.05) is 0 Å². The molecule has 76 valence electrons. The first kappa shape index (κ1) is 9.44. The third kappa shape index (κ3) is 2.42. The Labute approximate surface area is 80.6 Å². The van der Waals surface area contributed by atoms with Gasteiger partial charge in [-0.25, -0.2) is 0 Å². The van der Waals surface area contributed by atoms with Crippen LogP contribution < -0.4 is 0 Å². The maximum absolute atomic E-state index is 5.42. The van der Waals surface area contributed by atoms with E-state index >= 15 is 0 Å². The van der Waals surface area contributed by atoms with Crippen LogP contribution in [-0.2, 0) is 4.74 Å². The van der Waals surface area contributed by atoms with Crippen molar-refractivity contribution >= 4 is 0 Å². The summed E-state index contributed by atoms with van der Waals surface area (Å²) in [7, 11) is 2.22. The lowest BCUT2D eigenvalue weighted by molar-refractivity contribution is 0.146. The van der Waals surface area contributed by atoms with Crippen LogP contribution in [0.5, 0.6) is 0 Å². The Morgan fingerprint density at radius 2 is 2.08 bits per heavy atom. The summed E-state index contributed by atoms with van der Waals surface area (Å²) in [5.74, 6) is 0. The van der Waals surface area contributed by atoms with Crippen molar-refractivity contribution < 1.29 is 4.74 Å². The summed E-state index contributed by atoms with van der Waals surface area (Å²) < 4.78 is 5.42. The lowest BCUT2D eigenvalue weighted by Crippen LogP contribution is -2.38. The van der Waals surface area contributed by atoms with Crippen LogP contribution >= 0.6 is 0 Å². The third-order valence-corrected chi connectivity index (χ3v) is 3.18. The average Bonchev–Trinajstić information content (AvgIpc) is 2.56. The Morgan fingerprint density at radius 1 is 1.15 bits per heavy atom. The van der Waals surface area contributed by atoms with Gasteiger partial charge in [0.1, 0.15) is 0 Å². The second-order valence-electron chi connectivity index (χ2n) is 4.21. The van der Waals surface area contributed by atoms with Crippen LogP contribution in [0.4, 0.5) is 0 Å². The normalized spacial score (nSPS) is 33.5. The van der Waals surface area contributed by atoms with E-state index in [1.165, 1.54) is 39.0 Å². The Balaban J connectivity index is 1.84. The molecule has 0 aromatic rings. The molecule has 0 saturated carbocycles. The van der Waals surface area contributed by atoms with Crippen LogP contribution in [0.15, 0.2) is 0 Å². The van der Waals surface area contributed by atoms with Gasteiger partial charge in [-0.3, -0.25) is 4.90 Å². The van der Waals surface area contributed by atoms with Gasteiger partial charge in [-0.2, -0.15) is 0 Å². The summed E-state index contributed by atoms with van der Waals surface area (Å²) in [6.45, 7) is 6.89. The molecule has 2 heterocycles. The minimum atomic E-state index is 0.714. The van der Waals surface area contributed by atoms with E-state index in [0.29, 0.717) is 6.04 Å². The zero-order chi connectivity index (χ0) is 9.10. The van der Waals surface area contributed by atoms with Gasteiger partial charge in [0.25, 0.3) is 0 Å². The molecule has 2 saturated heterocycles.